The van der Waals surface area contributed by atoms with Crippen molar-refractivity contribution in [3.8, 4) is 0 Å². The average Bonchev–Trinajstić information content (AvgIpc) is 3.08. The Balaban J connectivity index is 0.00000288. The van der Waals surface area contributed by atoms with E-state index in [1.54, 1.807) is 10.4 Å². The van der Waals surface area contributed by atoms with Gasteiger partial charge in [-0.15, -0.1) is 24.8 Å². The summed E-state index contributed by atoms with van der Waals surface area (Å²) in [6, 6.07) is 0. The Kier molecular flexibility index (Phi) is 10.1. The Morgan fingerprint density at radius 2 is 1.04 bits per heavy atom. The Morgan fingerprint density at radius 3 is 1.32 bits per heavy atom. The first-order valence-electron chi connectivity index (χ1n) is 8.50. The summed E-state index contributed by atoms with van der Waals surface area (Å²) in [7, 11) is 6.16. The summed E-state index contributed by atoms with van der Waals surface area (Å²) in [6.45, 7) is 9.99. The molecular formula is C18H34Cl2N2Si2Zr. The standard InChI is InChI=1S/2C9H16NSi.2ClH.Zr/c2*1-10(2)11(3,4)9-7-5-6-8-9;;;/h2*5,7H,6H2,1-4H3;2*1H;. The summed E-state index contributed by atoms with van der Waals surface area (Å²) in [4.78, 5) is 0. The molecule has 0 N–H and O–H groups in total. The van der Waals surface area contributed by atoms with Crippen molar-refractivity contribution >= 4 is 41.3 Å². The molecular weight excluding hydrogens is 463 g/mol. The zero-order chi connectivity index (χ0) is 17.4. The van der Waals surface area contributed by atoms with Crippen LogP contribution in [0, 0.1) is 0 Å². The molecule has 0 aromatic carbocycles. The van der Waals surface area contributed by atoms with Gasteiger partial charge in [0.25, 0.3) is 0 Å². The molecule has 142 valence electrons. The first-order valence-corrected chi connectivity index (χ1v) is 16.9. The monoisotopic (exact) mass is 494 g/mol. The largest absolute Gasteiger partial charge is 0.147 e. The maximum atomic E-state index is 2.50. The summed E-state index contributed by atoms with van der Waals surface area (Å²) in [5, 5.41) is 3.47. The van der Waals surface area contributed by atoms with Gasteiger partial charge in [-0.3, -0.25) is 0 Å². The molecule has 2 rings (SSSR count). The van der Waals surface area contributed by atoms with E-state index in [2.05, 4.69) is 87.8 Å². The molecule has 0 fully saturated rings. The molecule has 2 nitrogen and oxygen atoms in total. The van der Waals surface area contributed by atoms with Gasteiger partial charge < -0.3 is 0 Å². The van der Waals surface area contributed by atoms with Crippen molar-refractivity contribution < 1.29 is 23.2 Å². The molecule has 0 atom stereocenters. The van der Waals surface area contributed by atoms with Crippen LogP contribution in [0.25, 0.3) is 0 Å². The van der Waals surface area contributed by atoms with Crippen molar-refractivity contribution in [3.63, 3.8) is 0 Å². The molecule has 0 unspecified atom stereocenters. The first kappa shape index (κ1) is 25.8. The molecule has 25 heavy (non-hydrogen) atoms. The Bertz CT molecular complexity index is 554. The summed E-state index contributed by atoms with van der Waals surface area (Å²) in [6.07, 6.45) is 12.2. The molecule has 0 aromatic heterocycles. The number of allylic oxidation sites excluding steroid dienone is 8. The zero-order valence-electron chi connectivity index (χ0n) is 16.9. The number of hydrogen-bond donors (Lipinski definition) is 0. The van der Waals surface area contributed by atoms with E-state index in [4.69, 9.17) is 0 Å². The minimum atomic E-state index is -1.45. The van der Waals surface area contributed by atoms with Gasteiger partial charge in [0.1, 0.15) is 0 Å². The van der Waals surface area contributed by atoms with Gasteiger partial charge >= 0.3 is 157 Å². The van der Waals surface area contributed by atoms with E-state index in [-0.39, 0.29) is 24.8 Å². The van der Waals surface area contributed by atoms with Crippen molar-refractivity contribution in [1.82, 2.24) is 9.13 Å². The summed E-state index contributed by atoms with van der Waals surface area (Å²) < 4.78 is 8.69. The van der Waals surface area contributed by atoms with E-state index < -0.39 is 39.7 Å². The summed E-state index contributed by atoms with van der Waals surface area (Å²) in [5.74, 6) is 0. The smallest absolute Gasteiger partial charge is 0.147 e. The minimum absolute atomic E-state index is 0. The fraction of sp³-hybridized carbons (Fsp3) is 0.556. The van der Waals surface area contributed by atoms with Crippen LogP contribution in [0.15, 0.2) is 41.3 Å². The molecule has 0 heterocycles. The number of nitrogens with zero attached hydrogens (tertiary/aromatic N) is 2. The van der Waals surface area contributed by atoms with Crippen LogP contribution in [-0.2, 0) is 23.2 Å². The van der Waals surface area contributed by atoms with Gasteiger partial charge in [-0.25, -0.2) is 0 Å². The molecule has 0 aromatic rings. The zero-order valence-corrected chi connectivity index (χ0v) is 23.0. The van der Waals surface area contributed by atoms with E-state index in [0.717, 1.165) is 0 Å². The van der Waals surface area contributed by atoms with E-state index in [1.807, 2.05) is 6.56 Å². The fourth-order valence-corrected chi connectivity index (χ4v) is 15.1. The molecule has 7 heteroatoms. The normalized spacial score (nSPS) is 17.5. The molecule has 0 saturated heterocycles. The van der Waals surface area contributed by atoms with Crippen molar-refractivity contribution in [1.29, 1.82) is 0 Å². The fourth-order valence-electron chi connectivity index (χ4n) is 3.06. The van der Waals surface area contributed by atoms with Crippen LogP contribution in [0.5, 0.6) is 0 Å². The van der Waals surface area contributed by atoms with Gasteiger partial charge in [0, 0.05) is 0 Å². The molecule has 0 bridgehead atoms. The van der Waals surface area contributed by atoms with E-state index in [9.17, 15) is 0 Å². The van der Waals surface area contributed by atoms with E-state index in [0.29, 0.717) is 0 Å². The van der Waals surface area contributed by atoms with Gasteiger partial charge in [0.15, 0.2) is 0 Å². The predicted octanol–water partition coefficient (Wildman–Crippen LogP) is 4.95. The van der Waals surface area contributed by atoms with Crippen LogP contribution in [0.4, 0.5) is 0 Å². The van der Waals surface area contributed by atoms with Gasteiger partial charge in [-0.2, -0.15) is 0 Å². The number of halogens is 2. The third-order valence-corrected chi connectivity index (χ3v) is 18.8. The topological polar surface area (TPSA) is 6.48 Å². The van der Waals surface area contributed by atoms with Gasteiger partial charge in [-0.05, 0) is 0 Å². The maximum Gasteiger partial charge on any atom is -0.147 e. The summed E-state index contributed by atoms with van der Waals surface area (Å²) in [5.41, 5.74) is 0. The second-order valence-electron chi connectivity index (χ2n) is 8.03. The molecule has 0 amide bonds. The third kappa shape index (κ3) is 5.40. The second-order valence-corrected chi connectivity index (χ2v) is 20.7. The second kappa shape index (κ2) is 9.82. The Hall–Kier alpha value is 0.777. The molecule has 0 saturated carbocycles. The Morgan fingerprint density at radius 1 is 0.720 bits per heavy atom. The molecule has 0 spiro atoms. The quantitative estimate of drug-likeness (QED) is 0.480. The maximum absolute atomic E-state index is 2.50. The molecule has 2 aliphatic carbocycles. The average molecular weight is 497 g/mol. The van der Waals surface area contributed by atoms with Crippen LogP contribution < -0.4 is 0 Å². The van der Waals surface area contributed by atoms with E-state index in [1.165, 1.54) is 12.8 Å². The van der Waals surface area contributed by atoms with Crippen molar-refractivity contribution in [2.45, 2.75) is 39.0 Å². The van der Waals surface area contributed by atoms with Crippen LogP contribution in [0.1, 0.15) is 12.8 Å². The van der Waals surface area contributed by atoms with Crippen LogP contribution in [0.3, 0.4) is 0 Å². The van der Waals surface area contributed by atoms with Gasteiger partial charge in [0.2, 0.25) is 0 Å². The Labute approximate surface area is 181 Å². The minimum Gasteiger partial charge on any atom is -0.147 e. The SMILES string of the molecule is CN(C)[Si](C)(C)C1=[C]([Zr][C]2=C([Si](C)(C)N(C)C)C=CC2)CC=C1.Cl.Cl. The first-order chi connectivity index (χ1) is 10.6. The molecule has 2 aliphatic rings. The third-order valence-electron chi connectivity index (χ3n) is 5.72. The number of rotatable bonds is 6. The van der Waals surface area contributed by atoms with Crippen LogP contribution in [-0.4, -0.2) is 53.8 Å². The van der Waals surface area contributed by atoms with E-state index >= 15 is 0 Å². The van der Waals surface area contributed by atoms with Crippen molar-refractivity contribution in [3.05, 3.63) is 41.3 Å². The van der Waals surface area contributed by atoms with Gasteiger partial charge in [0.05, 0.1) is 0 Å². The van der Waals surface area contributed by atoms with Gasteiger partial charge in [-0.1, -0.05) is 0 Å². The molecule has 0 aliphatic heterocycles. The van der Waals surface area contributed by atoms with Crippen molar-refractivity contribution in [2.75, 3.05) is 28.2 Å². The van der Waals surface area contributed by atoms with Crippen molar-refractivity contribution in [2.24, 2.45) is 0 Å². The predicted molar refractivity (Wildman–Crippen MR) is 118 cm³/mol. The number of hydrogen-bond acceptors (Lipinski definition) is 2. The van der Waals surface area contributed by atoms with Crippen LogP contribution in [0.2, 0.25) is 26.2 Å². The summed E-state index contributed by atoms with van der Waals surface area (Å²) >= 11 is -0.636. The van der Waals surface area contributed by atoms with Crippen LogP contribution >= 0.6 is 24.8 Å². The molecule has 0 radical (unpaired) electrons.